The summed E-state index contributed by atoms with van der Waals surface area (Å²) in [6.45, 7) is 1.96. The fourth-order valence-corrected chi connectivity index (χ4v) is 4.86. The molecule has 1 aromatic carbocycles. The van der Waals surface area contributed by atoms with E-state index in [1.807, 2.05) is 25.1 Å². The molecule has 0 radical (unpaired) electrons. The molecule has 3 heterocycles. The largest absolute Gasteiger partial charge is 0.305 e. The minimum atomic E-state index is -3.37. The van der Waals surface area contributed by atoms with Gasteiger partial charge in [0.15, 0.2) is 9.84 Å². The Morgan fingerprint density at radius 1 is 1.22 bits per heavy atom. The first kappa shape index (κ1) is 17.6. The summed E-state index contributed by atoms with van der Waals surface area (Å²) in [5.41, 5.74) is 3.42. The molecule has 0 aliphatic heterocycles. The van der Waals surface area contributed by atoms with Gasteiger partial charge in [0.25, 0.3) is 0 Å². The van der Waals surface area contributed by atoms with Gasteiger partial charge in [-0.2, -0.15) is 5.10 Å². The van der Waals surface area contributed by atoms with Crippen LogP contribution in [-0.4, -0.2) is 39.4 Å². The molecule has 0 atom stereocenters. The molecular weight excluding hydrogens is 382 g/mol. The van der Waals surface area contributed by atoms with Crippen LogP contribution in [0.1, 0.15) is 16.4 Å². The van der Waals surface area contributed by atoms with Crippen LogP contribution in [0.25, 0.3) is 16.1 Å². The van der Waals surface area contributed by atoms with E-state index in [-0.39, 0.29) is 4.90 Å². The number of nitrogens with zero attached hydrogens (tertiary/aromatic N) is 4. The summed E-state index contributed by atoms with van der Waals surface area (Å²) < 4.78 is 26.1. The average Bonchev–Trinajstić information content (AvgIpc) is 3.36. The minimum absolute atomic E-state index is 0.268. The van der Waals surface area contributed by atoms with Crippen molar-refractivity contribution in [3.8, 4) is 16.1 Å². The third-order valence-corrected chi connectivity index (χ3v) is 6.49. The van der Waals surface area contributed by atoms with E-state index < -0.39 is 9.84 Å². The standard InChI is InChI=1S/C18H17N5O2S2/c1-12-18(26-17(21-12)10-14-5-6-20-22-14)13-3-4-16(27(2,24)25)15(9-13)23-8-7-19-11-23/h3-9,11H,10H2,1-2H3,(H,20,22). The maximum atomic E-state index is 12.2. The van der Waals surface area contributed by atoms with E-state index >= 15 is 0 Å². The van der Waals surface area contributed by atoms with Gasteiger partial charge in [-0.3, -0.25) is 5.10 Å². The van der Waals surface area contributed by atoms with E-state index in [0.717, 1.165) is 26.8 Å². The highest BCUT2D eigenvalue weighted by Gasteiger charge is 2.18. The Bertz CT molecular complexity index is 1180. The molecule has 1 N–H and O–H groups in total. The van der Waals surface area contributed by atoms with Crippen molar-refractivity contribution in [2.45, 2.75) is 18.2 Å². The number of hydrogen-bond acceptors (Lipinski definition) is 6. The molecule has 9 heteroatoms. The van der Waals surface area contributed by atoms with Crippen LogP contribution in [-0.2, 0) is 16.3 Å². The van der Waals surface area contributed by atoms with Crippen LogP contribution >= 0.6 is 11.3 Å². The van der Waals surface area contributed by atoms with E-state index in [2.05, 4.69) is 20.2 Å². The molecule has 0 spiro atoms. The van der Waals surface area contributed by atoms with Crippen molar-refractivity contribution in [3.63, 3.8) is 0 Å². The van der Waals surface area contributed by atoms with Gasteiger partial charge in [-0.05, 0) is 30.7 Å². The van der Waals surface area contributed by atoms with Crippen LogP contribution < -0.4 is 0 Å². The first-order valence-electron chi connectivity index (χ1n) is 8.19. The lowest BCUT2D eigenvalue weighted by Gasteiger charge is -2.11. The molecule has 0 amide bonds. The van der Waals surface area contributed by atoms with Gasteiger partial charge >= 0.3 is 0 Å². The number of aromatic amines is 1. The summed E-state index contributed by atoms with van der Waals surface area (Å²) >= 11 is 1.60. The Labute approximate surface area is 160 Å². The first-order chi connectivity index (χ1) is 12.9. The van der Waals surface area contributed by atoms with Gasteiger partial charge in [-0.25, -0.2) is 18.4 Å². The van der Waals surface area contributed by atoms with Gasteiger partial charge in [-0.15, -0.1) is 11.3 Å². The summed E-state index contributed by atoms with van der Waals surface area (Å²) in [6, 6.07) is 7.28. The van der Waals surface area contributed by atoms with Crippen molar-refractivity contribution < 1.29 is 8.42 Å². The number of thiazole rings is 1. The second-order valence-electron chi connectivity index (χ2n) is 6.21. The van der Waals surface area contributed by atoms with Crippen LogP contribution in [0.2, 0.25) is 0 Å². The van der Waals surface area contributed by atoms with Crippen molar-refractivity contribution in [3.05, 3.63) is 65.6 Å². The SMILES string of the molecule is Cc1nc(Cc2ccn[nH]2)sc1-c1ccc(S(C)(=O)=O)c(-n2ccnc2)c1. The second-order valence-corrected chi connectivity index (χ2v) is 9.27. The smallest absolute Gasteiger partial charge is 0.177 e. The van der Waals surface area contributed by atoms with E-state index in [9.17, 15) is 8.42 Å². The molecule has 138 valence electrons. The number of nitrogens with one attached hydrogen (secondary N) is 1. The van der Waals surface area contributed by atoms with E-state index in [1.165, 1.54) is 6.26 Å². The van der Waals surface area contributed by atoms with Crippen LogP contribution in [0.4, 0.5) is 0 Å². The summed E-state index contributed by atoms with van der Waals surface area (Å²) in [5.74, 6) is 0. The van der Waals surface area contributed by atoms with Gasteiger partial charge in [-0.1, -0.05) is 6.07 Å². The van der Waals surface area contributed by atoms with E-state index in [4.69, 9.17) is 0 Å². The highest BCUT2D eigenvalue weighted by Crippen LogP contribution is 2.34. The fourth-order valence-electron chi connectivity index (χ4n) is 2.92. The van der Waals surface area contributed by atoms with Crippen LogP contribution in [0.3, 0.4) is 0 Å². The monoisotopic (exact) mass is 399 g/mol. The number of rotatable bonds is 5. The highest BCUT2D eigenvalue weighted by atomic mass is 32.2. The van der Waals surface area contributed by atoms with Crippen molar-refractivity contribution in [1.29, 1.82) is 0 Å². The quantitative estimate of drug-likeness (QED) is 0.557. The number of aromatic nitrogens is 5. The lowest BCUT2D eigenvalue weighted by molar-refractivity contribution is 0.601. The van der Waals surface area contributed by atoms with Gasteiger partial charge in [0, 0.05) is 37.0 Å². The Kier molecular flexibility index (Phi) is 4.40. The van der Waals surface area contributed by atoms with Gasteiger partial charge in [0.1, 0.15) is 0 Å². The van der Waals surface area contributed by atoms with Crippen molar-refractivity contribution in [1.82, 2.24) is 24.7 Å². The number of aryl methyl sites for hydroxylation is 1. The van der Waals surface area contributed by atoms with Crippen molar-refractivity contribution >= 4 is 21.2 Å². The fraction of sp³-hybridized carbons (Fsp3) is 0.167. The normalized spacial score (nSPS) is 11.8. The second kappa shape index (κ2) is 6.75. The molecule has 27 heavy (non-hydrogen) atoms. The van der Waals surface area contributed by atoms with Gasteiger partial charge < -0.3 is 4.57 Å². The maximum Gasteiger partial charge on any atom is 0.177 e. The Morgan fingerprint density at radius 2 is 2.07 bits per heavy atom. The predicted molar refractivity (Wildman–Crippen MR) is 104 cm³/mol. The third kappa shape index (κ3) is 3.56. The highest BCUT2D eigenvalue weighted by molar-refractivity contribution is 7.90. The van der Waals surface area contributed by atoms with Crippen molar-refractivity contribution in [2.24, 2.45) is 0 Å². The molecular formula is C18H17N5O2S2. The van der Waals surface area contributed by atoms with Gasteiger partial charge in [0.2, 0.25) is 0 Å². The number of H-pyrrole nitrogens is 1. The third-order valence-electron chi connectivity index (χ3n) is 4.14. The summed E-state index contributed by atoms with van der Waals surface area (Å²) in [4.78, 5) is 9.98. The lowest BCUT2D eigenvalue weighted by Crippen LogP contribution is -2.04. The molecule has 0 unspecified atom stereocenters. The Morgan fingerprint density at radius 3 is 2.74 bits per heavy atom. The molecule has 0 fully saturated rings. The molecule has 0 saturated carbocycles. The first-order valence-corrected chi connectivity index (χ1v) is 10.9. The summed E-state index contributed by atoms with van der Waals surface area (Å²) in [7, 11) is -3.37. The van der Waals surface area contributed by atoms with Crippen LogP contribution in [0, 0.1) is 6.92 Å². The molecule has 4 aromatic rings. The van der Waals surface area contributed by atoms with Gasteiger partial charge in [0.05, 0.1) is 32.5 Å². The van der Waals surface area contributed by atoms with E-state index in [0.29, 0.717) is 12.1 Å². The summed E-state index contributed by atoms with van der Waals surface area (Å²) in [5, 5.41) is 7.89. The lowest BCUT2D eigenvalue weighted by atomic mass is 10.1. The number of hydrogen-bond donors (Lipinski definition) is 1. The Balaban J connectivity index is 1.79. The molecule has 3 aromatic heterocycles. The molecule has 4 rings (SSSR count). The number of benzene rings is 1. The molecule has 0 saturated heterocycles. The zero-order valence-corrected chi connectivity index (χ0v) is 16.4. The number of sulfone groups is 1. The minimum Gasteiger partial charge on any atom is -0.305 e. The molecule has 0 aliphatic carbocycles. The molecule has 0 bridgehead atoms. The number of imidazole rings is 1. The topological polar surface area (TPSA) is 93.5 Å². The predicted octanol–water partition coefficient (Wildman–Crippen LogP) is 3.02. The van der Waals surface area contributed by atoms with Crippen LogP contribution in [0.15, 0.2) is 54.1 Å². The maximum absolute atomic E-state index is 12.2. The zero-order valence-electron chi connectivity index (χ0n) is 14.7. The van der Waals surface area contributed by atoms with Crippen LogP contribution in [0.5, 0.6) is 0 Å². The Hall–Kier alpha value is -2.78. The van der Waals surface area contributed by atoms with E-state index in [1.54, 1.807) is 46.9 Å². The molecule has 7 nitrogen and oxygen atoms in total. The van der Waals surface area contributed by atoms with Crippen molar-refractivity contribution in [2.75, 3.05) is 6.26 Å². The summed E-state index contributed by atoms with van der Waals surface area (Å²) in [6.07, 6.45) is 8.56. The average molecular weight is 400 g/mol. The molecule has 0 aliphatic rings. The zero-order chi connectivity index (χ0) is 19.0.